The van der Waals surface area contributed by atoms with E-state index in [1.807, 2.05) is 54.6 Å². The fourth-order valence-electron chi connectivity index (χ4n) is 5.84. The van der Waals surface area contributed by atoms with E-state index in [0.717, 1.165) is 45.6 Å². The monoisotopic (exact) mass is 721 g/mol. The van der Waals surface area contributed by atoms with E-state index in [2.05, 4.69) is 21.2 Å². The minimum absolute atomic E-state index is 0.0395. The number of benzene rings is 4. The van der Waals surface area contributed by atoms with Crippen molar-refractivity contribution in [3.63, 3.8) is 0 Å². The normalized spacial score (nSPS) is 14.1. The van der Waals surface area contributed by atoms with Gasteiger partial charge < -0.3 is 10.2 Å². The summed E-state index contributed by atoms with van der Waals surface area (Å²) >= 11 is 9.89. The van der Waals surface area contributed by atoms with Gasteiger partial charge in [-0.25, -0.2) is 8.42 Å². The van der Waals surface area contributed by atoms with Gasteiger partial charge in [0, 0.05) is 28.5 Å². The van der Waals surface area contributed by atoms with Crippen LogP contribution in [0.3, 0.4) is 0 Å². The van der Waals surface area contributed by atoms with Gasteiger partial charge in [0.25, 0.3) is 10.0 Å². The average molecular weight is 723 g/mol. The Morgan fingerprint density at radius 1 is 0.891 bits per heavy atom. The fourth-order valence-corrected chi connectivity index (χ4v) is 7.94. The number of carbonyl (C=O) groups excluding carboxylic acids is 2. The lowest BCUT2D eigenvalue weighted by molar-refractivity contribution is -0.140. The van der Waals surface area contributed by atoms with Crippen LogP contribution in [0.25, 0.3) is 0 Å². The Morgan fingerprint density at radius 3 is 2.22 bits per heavy atom. The molecule has 0 aliphatic heterocycles. The molecule has 1 unspecified atom stereocenters. The molecule has 1 N–H and O–H groups in total. The summed E-state index contributed by atoms with van der Waals surface area (Å²) in [7, 11) is -4.21. The van der Waals surface area contributed by atoms with Crippen LogP contribution in [-0.4, -0.2) is 43.8 Å². The molecule has 0 aromatic heterocycles. The van der Waals surface area contributed by atoms with Gasteiger partial charge in [-0.2, -0.15) is 0 Å². The Kier molecular flexibility index (Phi) is 11.2. The highest BCUT2D eigenvalue weighted by molar-refractivity contribution is 9.10. The van der Waals surface area contributed by atoms with Crippen LogP contribution in [0, 0.1) is 6.92 Å². The Morgan fingerprint density at radius 2 is 1.54 bits per heavy atom. The summed E-state index contributed by atoms with van der Waals surface area (Å²) in [6.45, 7) is 1.34. The fraction of sp³-hybridized carbons (Fsp3) is 0.278. The summed E-state index contributed by atoms with van der Waals surface area (Å²) in [4.78, 5) is 30.3. The molecule has 7 nitrogen and oxygen atoms in total. The van der Waals surface area contributed by atoms with E-state index in [4.69, 9.17) is 11.6 Å². The van der Waals surface area contributed by atoms with Crippen LogP contribution in [-0.2, 0) is 32.6 Å². The van der Waals surface area contributed by atoms with Gasteiger partial charge in [0.1, 0.15) is 12.6 Å². The molecule has 1 atom stereocenters. The lowest BCUT2D eigenvalue weighted by atomic mass is 10.0. The van der Waals surface area contributed by atoms with Crippen LogP contribution >= 0.6 is 27.5 Å². The molecule has 4 aromatic rings. The summed E-state index contributed by atoms with van der Waals surface area (Å²) in [6.07, 6.45) is 4.13. The number of halogens is 2. The number of aryl methyl sites for hydroxylation is 1. The summed E-state index contributed by atoms with van der Waals surface area (Å²) in [5.41, 5.74) is 2.61. The van der Waals surface area contributed by atoms with Gasteiger partial charge >= 0.3 is 0 Å². The Balaban J connectivity index is 1.58. The maximum atomic E-state index is 14.7. The lowest BCUT2D eigenvalue weighted by Crippen LogP contribution is -2.54. The molecular weight excluding hydrogens is 686 g/mol. The molecule has 1 aliphatic rings. The van der Waals surface area contributed by atoms with Gasteiger partial charge in [-0.05, 0) is 72.9 Å². The van der Waals surface area contributed by atoms with Crippen LogP contribution in [0.5, 0.6) is 0 Å². The first-order valence-electron chi connectivity index (χ1n) is 15.3. The summed E-state index contributed by atoms with van der Waals surface area (Å²) in [6, 6.07) is 29.2. The zero-order valence-corrected chi connectivity index (χ0v) is 28.8. The number of rotatable bonds is 12. The molecule has 0 heterocycles. The van der Waals surface area contributed by atoms with E-state index in [0.29, 0.717) is 16.3 Å². The molecule has 1 saturated carbocycles. The molecule has 0 radical (unpaired) electrons. The van der Waals surface area contributed by atoms with Crippen molar-refractivity contribution in [1.82, 2.24) is 10.2 Å². The van der Waals surface area contributed by atoms with E-state index in [-0.39, 0.29) is 29.8 Å². The Labute approximate surface area is 284 Å². The lowest BCUT2D eigenvalue weighted by Gasteiger charge is -2.34. The number of carbonyl (C=O) groups is 2. The predicted molar refractivity (Wildman–Crippen MR) is 186 cm³/mol. The van der Waals surface area contributed by atoms with Crippen molar-refractivity contribution in [3.05, 3.63) is 129 Å². The smallest absolute Gasteiger partial charge is 0.264 e. The minimum Gasteiger partial charge on any atom is -0.352 e. The standard InChI is InChI=1S/C36H37BrClN3O4S/c1-26-19-20-30(38)23-33(26)41(46(44,45)32-17-6-3-7-18-32)25-35(42)40(24-28-13-10-14-29(37)21-28)34(22-27-11-4-2-5-12-27)36(43)39-31-15-8-9-16-31/h2-7,10-14,17-21,23,31,34H,8-9,15-16,22,24-25H2,1H3,(H,39,43). The molecule has 4 aromatic carbocycles. The summed E-state index contributed by atoms with van der Waals surface area (Å²) in [5, 5.41) is 3.54. The molecule has 1 aliphatic carbocycles. The summed E-state index contributed by atoms with van der Waals surface area (Å²) < 4.78 is 30.4. The van der Waals surface area contributed by atoms with E-state index < -0.39 is 28.5 Å². The third-order valence-corrected chi connectivity index (χ3v) is 10.8. The maximum Gasteiger partial charge on any atom is 0.264 e. The molecule has 0 saturated heterocycles. The minimum atomic E-state index is -4.21. The van der Waals surface area contributed by atoms with Crippen molar-refractivity contribution in [2.24, 2.45) is 0 Å². The topological polar surface area (TPSA) is 86.8 Å². The van der Waals surface area contributed by atoms with E-state index in [1.165, 1.54) is 17.0 Å². The first-order chi connectivity index (χ1) is 22.1. The highest BCUT2D eigenvalue weighted by Gasteiger charge is 2.36. The quantitative estimate of drug-likeness (QED) is 0.166. The van der Waals surface area contributed by atoms with E-state index in [1.54, 1.807) is 43.3 Å². The molecule has 0 bridgehead atoms. The highest BCUT2D eigenvalue weighted by atomic mass is 79.9. The number of anilines is 1. The van der Waals surface area contributed by atoms with Crippen LogP contribution in [0.2, 0.25) is 5.02 Å². The first kappa shape index (κ1) is 33.7. The summed E-state index contributed by atoms with van der Waals surface area (Å²) in [5.74, 6) is -0.767. The van der Waals surface area contributed by atoms with Crippen molar-refractivity contribution in [2.45, 2.75) is 62.6 Å². The zero-order valence-electron chi connectivity index (χ0n) is 25.6. The Hall–Kier alpha value is -3.66. The molecular formula is C36H37BrClN3O4S. The SMILES string of the molecule is Cc1ccc(Cl)cc1N(CC(=O)N(Cc1cccc(Br)c1)C(Cc1ccccc1)C(=O)NC1CCCC1)S(=O)(=O)c1ccccc1. The van der Waals surface area contributed by atoms with Gasteiger partial charge in [0.15, 0.2) is 0 Å². The van der Waals surface area contributed by atoms with Crippen molar-refractivity contribution < 1.29 is 18.0 Å². The van der Waals surface area contributed by atoms with Gasteiger partial charge in [0.2, 0.25) is 11.8 Å². The van der Waals surface area contributed by atoms with Crippen LogP contribution in [0.1, 0.15) is 42.4 Å². The van der Waals surface area contributed by atoms with Crippen LogP contribution < -0.4 is 9.62 Å². The van der Waals surface area contributed by atoms with Gasteiger partial charge in [-0.3, -0.25) is 13.9 Å². The second kappa shape index (κ2) is 15.3. The number of nitrogens with zero attached hydrogens (tertiary/aromatic N) is 2. The largest absolute Gasteiger partial charge is 0.352 e. The van der Waals surface area contributed by atoms with Crippen LogP contribution in [0.4, 0.5) is 5.69 Å². The third-order valence-electron chi connectivity index (χ3n) is 8.26. The van der Waals surface area contributed by atoms with E-state index >= 15 is 0 Å². The number of hydrogen-bond acceptors (Lipinski definition) is 4. The maximum absolute atomic E-state index is 14.7. The first-order valence-corrected chi connectivity index (χ1v) is 17.9. The number of sulfonamides is 1. The number of amides is 2. The molecule has 10 heteroatoms. The molecule has 1 fully saturated rings. The second-order valence-electron chi connectivity index (χ2n) is 11.6. The van der Waals surface area contributed by atoms with Crippen molar-refractivity contribution in [2.75, 3.05) is 10.8 Å². The number of hydrogen-bond donors (Lipinski definition) is 1. The molecule has 0 spiro atoms. The molecule has 2 amide bonds. The van der Waals surface area contributed by atoms with Crippen molar-refractivity contribution in [1.29, 1.82) is 0 Å². The average Bonchev–Trinajstić information content (AvgIpc) is 3.56. The number of nitrogens with one attached hydrogen (secondary N) is 1. The molecule has 240 valence electrons. The van der Waals surface area contributed by atoms with Gasteiger partial charge in [0.05, 0.1) is 10.6 Å². The van der Waals surface area contributed by atoms with Crippen LogP contribution in [0.15, 0.2) is 112 Å². The van der Waals surface area contributed by atoms with Crippen molar-refractivity contribution >= 4 is 55.1 Å². The van der Waals surface area contributed by atoms with Gasteiger partial charge in [-0.15, -0.1) is 0 Å². The highest BCUT2D eigenvalue weighted by Crippen LogP contribution is 2.30. The molecule has 46 heavy (non-hydrogen) atoms. The Bertz CT molecular complexity index is 1770. The molecule has 5 rings (SSSR count). The second-order valence-corrected chi connectivity index (χ2v) is 14.8. The van der Waals surface area contributed by atoms with Gasteiger partial charge in [-0.1, -0.05) is 107 Å². The zero-order chi connectivity index (χ0) is 32.7. The third kappa shape index (κ3) is 8.37. The van der Waals surface area contributed by atoms with E-state index in [9.17, 15) is 18.0 Å². The van der Waals surface area contributed by atoms with Crippen molar-refractivity contribution in [3.8, 4) is 0 Å². The predicted octanol–water partition coefficient (Wildman–Crippen LogP) is 7.31.